The smallest absolute Gasteiger partial charge is 0.259 e. The van der Waals surface area contributed by atoms with E-state index in [0.717, 1.165) is 23.4 Å². The molecule has 0 spiro atoms. The van der Waals surface area contributed by atoms with Crippen LogP contribution in [0.2, 0.25) is 0 Å². The Balaban J connectivity index is 1.64. The van der Waals surface area contributed by atoms with Gasteiger partial charge in [-0.1, -0.05) is 29.8 Å². The Bertz CT molecular complexity index is 1130. The zero-order valence-electron chi connectivity index (χ0n) is 16.2. The van der Waals surface area contributed by atoms with Gasteiger partial charge in [0.15, 0.2) is 5.65 Å². The van der Waals surface area contributed by atoms with Gasteiger partial charge in [-0.2, -0.15) is 10.2 Å². The third-order valence-corrected chi connectivity index (χ3v) is 4.76. The van der Waals surface area contributed by atoms with E-state index in [1.54, 1.807) is 35.1 Å². The summed E-state index contributed by atoms with van der Waals surface area (Å²) in [7, 11) is 1.78. The largest absolute Gasteiger partial charge is 0.337 e. The Morgan fingerprint density at radius 3 is 2.61 bits per heavy atom. The number of hydrogen-bond acceptors (Lipinski definition) is 4. The maximum Gasteiger partial charge on any atom is 0.259 e. The number of hydrogen-bond donors (Lipinski definition) is 0. The van der Waals surface area contributed by atoms with Crippen molar-refractivity contribution in [1.82, 2.24) is 29.3 Å². The summed E-state index contributed by atoms with van der Waals surface area (Å²) in [4.78, 5) is 19.1. The van der Waals surface area contributed by atoms with Crippen molar-refractivity contribution >= 4 is 11.6 Å². The van der Waals surface area contributed by atoms with E-state index in [2.05, 4.69) is 34.2 Å². The van der Waals surface area contributed by atoms with E-state index in [1.165, 1.54) is 5.56 Å². The topological polar surface area (TPSA) is 68.3 Å². The van der Waals surface area contributed by atoms with Gasteiger partial charge in [-0.25, -0.2) is 9.50 Å². The Kier molecular flexibility index (Phi) is 4.65. The molecule has 0 aliphatic carbocycles. The second-order valence-electron chi connectivity index (χ2n) is 6.86. The van der Waals surface area contributed by atoms with Crippen LogP contribution in [0.3, 0.4) is 0 Å². The van der Waals surface area contributed by atoms with Crippen molar-refractivity contribution in [2.24, 2.45) is 0 Å². The predicted molar refractivity (Wildman–Crippen MR) is 107 cm³/mol. The van der Waals surface area contributed by atoms with E-state index in [-0.39, 0.29) is 5.91 Å². The van der Waals surface area contributed by atoms with Crippen molar-refractivity contribution in [3.8, 4) is 11.3 Å². The lowest BCUT2D eigenvalue weighted by molar-refractivity contribution is 0.0787. The van der Waals surface area contributed by atoms with Crippen LogP contribution in [-0.4, -0.2) is 42.2 Å². The van der Waals surface area contributed by atoms with Gasteiger partial charge in [-0.05, 0) is 19.9 Å². The summed E-state index contributed by atoms with van der Waals surface area (Å²) in [6, 6.07) is 10.1. The average Bonchev–Trinajstić information content (AvgIpc) is 3.34. The lowest BCUT2D eigenvalue weighted by Gasteiger charge is -2.15. The van der Waals surface area contributed by atoms with Gasteiger partial charge < -0.3 is 4.90 Å². The molecule has 142 valence electrons. The molecular weight excluding hydrogens is 352 g/mol. The molecule has 3 aromatic heterocycles. The molecule has 0 radical (unpaired) electrons. The van der Waals surface area contributed by atoms with Crippen LogP contribution in [0.4, 0.5) is 0 Å². The molecule has 7 nitrogen and oxygen atoms in total. The number of amides is 1. The molecule has 0 unspecified atom stereocenters. The summed E-state index contributed by atoms with van der Waals surface area (Å²) < 4.78 is 3.57. The van der Waals surface area contributed by atoms with E-state index in [1.807, 2.05) is 36.0 Å². The molecule has 0 N–H and O–H groups in total. The highest BCUT2D eigenvalue weighted by molar-refractivity contribution is 5.99. The number of carbonyl (C=O) groups is 1. The van der Waals surface area contributed by atoms with Crippen molar-refractivity contribution < 1.29 is 4.79 Å². The number of nitrogens with zero attached hydrogens (tertiary/aromatic N) is 6. The summed E-state index contributed by atoms with van der Waals surface area (Å²) in [6.45, 7) is 5.36. The zero-order valence-corrected chi connectivity index (χ0v) is 16.2. The van der Waals surface area contributed by atoms with Gasteiger partial charge in [0.05, 0.1) is 18.1 Å². The second-order valence-corrected chi connectivity index (χ2v) is 6.86. The van der Waals surface area contributed by atoms with Crippen molar-refractivity contribution in [3.63, 3.8) is 0 Å². The minimum atomic E-state index is -0.118. The molecule has 4 rings (SSSR count). The van der Waals surface area contributed by atoms with Crippen LogP contribution in [0.5, 0.6) is 0 Å². The minimum absolute atomic E-state index is 0.118. The first kappa shape index (κ1) is 17.9. The monoisotopic (exact) mass is 374 g/mol. The Labute approximate surface area is 163 Å². The number of benzene rings is 1. The average molecular weight is 374 g/mol. The molecule has 0 atom stereocenters. The SMILES string of the molecule is CCn1cc(CN(C)C(=O)c2cnn3c(-c4ccc(C)cc4)ccnc23)cn1. The fourth-order valence-corrected chi connectivity index (χ4v) is 3.20. The molecule has 7 heteroatoms. The van der Waals surface area contributed by atoms with Crippen LogP contribution in [0.15, 0.2) is 55.1 Å². The summed E-state index contributed by atoms with van der Waals surface area (Å²) in [6.07, 6.45) is 7.05. The van der Waals surface area contributed by atoms with Gasteiger partial charge in [0.25, 0.3) is 5.91 Å². The van der Waals surface area contributed by atoms with Gasteiger partial charge in [0.1, 0.15) is 5.56 Å². The summed E-state index contributed by atoms with van der Waals surface area (Å²) in [5.74, 6) is -0.118. The van der Waals surface area contributed by atoms with Gasteiger partial charge in [-0.3, -0.25) is 9.48 Å². The Hall–Kier alpha value is -3.48. The molecule has 28 heavy (non-hydrogen) atoms. The van der Waals surface area contributed by atoms with Crippen molar-refractivity contribution in [2.75, 3.05) is 7.05 Å². The highest BCUT2D eigenvalue weighted by atomic mass is 16.2. The third kappa shape index (κ3) is 3.26. The first-order valence-electron chi connectivity index (χ1n) is 9.23. The molecule has 0 saturated carbocycles. The minimum Gasteiger partial charge on any atom is -0.337 e. The molecular formula is C21H22N6O. The lowest BCUT2D eigenvalue weighted by atomic mass is 10.1. The van der Waals surface area contributed by atoms with Crippen molar-refractivity contribution in [2.45, 2.75) is 26.9 Å². The molecule has 0 aliphatic rings. The quantitative estimate of drug-likeness (QED) is 0.538. The fourth-order valence-electron chi connectivity index (χ4n) is 3.20. The summed E-state index contributed by atoms with van der Waals surface area (Å²) >= 11 is 0. The van der Waals surface area contributed by atoms with Crippen LogP contribution in [0.25, 0.3) is 16.9 Å². The lowest BCUT2D eigenvalue weighted by Crippen LogP contribution is -2.26. The van der Waals surface area contributed by atoms with Crippen molar-refractivity contribution in [1.29, 1.82) is 0 Å². The van der Waals surface area contributed by atoms with Gasteiger partial charge in [-0.15, -0.1) is 0 Å². The molecule has 0 aliphatic heterocycles. The normalized spacial score (nSPS) is 11.1. The van der Waals surface area contributed by atoms with E-state index in [9.17, 15) is 4.79 Å². The molecule has 4 aromatic rings. The molecule has 1 amide bonds. The van der Waals surface area contributed by atoms with E-state index >= 15 is 0 Å². The van der Waals surface area contributed by atoms with Gasteiger partial charge in [0.2, 0.25) is 0 Å². The van der Waals surface area contributed by atoms with Crippen LogP contribution in [0, 0.1) is 6.92 Å². The Morgan fingerprint density at radius 2 is 1.89 bits per heavy atom. The van der Waals surface area contributed by atoms with Crippen LogP contribution >= 0.6 is 0 Å². The van der Waals surface area contributed by atoms with Crippen LogP contribution in [0.1, 0.15) is 28.4 Å². The van der Waals surface area contributed by atoms with Crippen LogP contribution < -0.4 is 0 Å². The maximum atomic E-state index is 13.0. The standard InChI is InChI=1S/C21H22N6O/c1-4-26-14-16(11-23-26)13-25(3)21(28)18-12-24-27-19(9-10-22-20(18)27)17-7-5-15(2)6-8-17/h5-12,14H,4,13H2,1-3H3. The molecule has 1 aromatic carbocycles. The fraction of sp³-hybridized carbons (Fsp3) is 0.238. The van der Waals surface area contributed by atoms with E-state index in [0.29, 0.717) is 17.8 Å². The summed E-state index contributed by atoms with van der Waals surface area (Å²) in [5, 5.41) is 8.70. The number of rotatable bonds is 5. The first-order chi connectivity index (χ1) is 13.6. The third-order valence-electron chi connectivity index (χ3n) is 4.76. The van der Waals surface area contributed by atoms with Gasteiger partial charge in [0, 0.05) is 43.7 Å². The van der Waals surface area contributed by atoms with E-state index < -0.39 is 0 Å². The predicted octanol–water partition coefficient (Wildman–Crippen LogP) is 3.19. The second kappa shape index (κ2) is 7.26. The van der Waals surface area contributed by atoms with Gasteiger partial charge >= 0.3 is 0 Å². The highest BCUT2D eigenvalue weighted by Crippen LogP contribution is 2.22. The maximum absolute atomic E-state index is 13.0. The molecule has 3 heterocycles. The number of aryl methyl sites for hydroxylation is 2. The first-order valence-corrected chi connectivity index (χ1v) is 9.23. The molecule has 0 saturated heterocycles. The van der Waals surface area contributed by atoms with E-state index in [4.69, 9.17) is 0 Å². The highest BCUT2D eigenvalue weighted by Gasteiger charge is 2.20. The number of carbonyl (C=O) groups excluding carboxylic acids is 1. The zero-order chi connectivity index (χ0) is 19.7. The number of aromatic nitrogens is 5. The molecule has 0 bridgehead atoms. The van der Waals surface area contributed by atoms with Crippen molar-refractivity contribution in [3.05, 3.63) is 71.8 Å². The molecule has 0 fully saturated rings. The number of fused-ring (bicyclic) bond motifs is 1. The Morgan fingerprint density at radius 1 is 1.11 bits per heavy atom. The summed E-state index contributed by atoms with van der Waals surface area (Å²) in [5.41, 5.74) is 5.15. The van der Waals surface area contributed by atoms with Crippen LogP contribution in [-0.2, 0) is 13.1 Å².